The summed E-state index contributed by atoms with van der Waals surface area (Å²) in [5, 5.41) is 10.3. The molecule has 0 aliphatic carbocycles. The maximum absolute atomic E-state index is 15.5. The molecule has 0 aliphatic heterocycles. The summed E-state index contributed by atoms with van der Waals surface area (Å²) in [4.78, 5) is 19.4. The Morgan fingerprint density at radius 2 is 1.97 bits per heavy atom. The van der Waals surface area contributed by atoms with Gasteiger partial charge in [-0.1, -0.05) is 62.7 Å². The average molecular weight is 485 g/mol. The van der Waals surface area contributed by atoms with Gasteiger partial charge in [-0.25, -0.2) is 9.37 Å². The number of hydrogen-bond acceptors (Lipinski definition) is 4. The highest BCUT2D eigenvalue weighted by Gasteiger charge is 2.25. The molecule has 4 aromatic rings. The number of aromatic nitrogens is 5. The minimum atomic E-state index is -1.36. The molecule has 0 saturated heterocycles. The van der Waals surface area contributed by atoms with Gasteiger partial charge in [0.15, 0.2) is 17.3 Å². The zero-order chi connectivity index (χ0) is 23.6. The fourth-order valence-electron chi connectivity index (χ4n) is 4.31. The highest BCUT2D eigenvalue weighted by Crippen LogP contribution is 2.39. The first-order chi connectivity index (χ1) is 16.0. The molecule has 0 bridgehead atoms. The smallest absolute Gasteiger partial charge is 0.212 e. The number of allylic oxidation sites excluding steroid dienone is 1. The maximum Gasteiger partial charge on any atom is 0.212 e. The second-order valence-corrected chi connectivity index (χ2v) is 14.1. The molecule has 33 heavy (non-hydrogen) atoms. The van der Waals surface area contributed by atoms with Gasteiger partial charge in [0.05, 0.1) is 42.9 Å². The quantitative estimate of drug-likeness (QED) is 0.220. The molecule has 3 heterocycles. The standard InChI is InChI=1S/C23H26ClFN6OSi/c1-4-33(5-2,6-3)9-7-8-15-22(25)21(24)20(16-10-28-30-23(15)16)17-12-31-13-18(27-14-32)29-19(31)11-26-17/h7-8,10-14H,4-6,9H2,1-3H3,(H,27,32)(H,28,30)/b8-7+. The largest absolute Gasteiger partial charge is 0.312 e. The number of nitrogens with zero attached hydrogens (tertiary/aromatic N) is 4. The molecule has 0 atom stereocenters. The summed E-state index contributed by atoms with van der Waals surface area (Å²) in [5.41, 5.74) is 2.45. The molecule has 10 heteroatoms. The van der Waals surface area contributed by atoms with Gasteiger partial charge in [0, 0.05) is 22.7 Å². The minimum Gasteiger partial charge on any atom is -0.312 e. The molecule has 172 valence electrons. The first kappa shape index (κ1) is 23.1. The van der Waals surface area contributed by atoms with Crippen molar-refractivity contribution in [3.8, 4) is 11.3 Å². The molecule has 0 fully saturated rings. The van der Waals surface area contributed by atoms with Crippen LogP contribution in [0.3, 0.4) is 0 Å². The Kier molecular flexibility index (Phi) is 6.62. The van der Waals surface area contributed by atoms with Crippen molar-refractivity contribution in [3.63, 3.8) is 0 Å². The number of amides is 1. The van der Waals surface area contributed by atoms with E-state index in [0.29, 0.717) is 45.6 Å². The molecule has 7 nitrogen and oxygen atoms in total. The zero-order valence-electron chi connectivity index (χ0n) is 18.8. The van der Waals surface area contributed by atoms with Crippen LogP contribution in [0.2, 0.25) is 29.2 Å². The number of benzene rings is 1. The predicted molar refractivity (Wildman–Crippen MR) is 134 cm³/mol. The number of carbonyl (C=O) groups excluding carboxylic acids is 1. The molecular weight excluding hydrogens is 459 g/mol. The van der Waals surface area contributed by atoms with E-state index in [-0.39, 0.29) is 5.02 Å². The third-order valence-electron chi connectivity index (χ3n) is 6.72. The molecule has 1 amide bonds. The molecule has 4 rings (SSSR count). The lowest BCUT2D eigenvalue weighted by atomic mass is 10.0. The van der Waals surface area contributed by atoms with Crippen LogP contribution in [0.25, 0.3) is 33.9 Å². The van der Waals surface area contributed by atoms with Crippen molar-refractivity contribution >= 4 is 54.5 Å². The van der Waals surface area contributed by atoms with E-state index in [9.17, 15) is 4.79 Å². The Bertz CT molecular complexity index is 1340. The average Bonchev–Trinajstić information content (AvgIpc) is 3.46. The normalized spacial score (nSPS) is 12.3. The molecular formula is C23H26ClFN6OSi. The second-order valence-electron chi connectivity index (χ2n) is 8.17. The second kappa shape index (κ2) is 9.44. The topological polar surface area (TPSA) is 88.0 Å². The van der Waals surface area contributed by atoms with E-state index in [1.807, 2.05) is 6.08 Å². The summed E-state index contributed by atoms with van der Waals surface area (Å²) < 4.78 is 17.2. The van der Waals surface area contributed by atoms with Crippen LogP contribution in [0.5, 0.6) is 0 Å². The lowest BCUT2D eigenvalue weighted by molar-refractivity contribution is -0.105. The molecule has 2 N–H and O–H groups in total. The number of nitrogens with one attached hydrogen (secondary N) is 2. The first-order valence-electron chi connectivity index (χ1n) is 11.0. The van der Waals surface area contributed by atoms with E-state index in [2.05, 4.69) is 52.3 Å². The minimum absolute atomic E-state index is 0.00765. The zero-order valence-corrected chi connectivity index (χ0v) is 20.6. The summed E-state index contributed by atoms with van der Waals surface area (Å²) in [6.45, 7) is 6.78. The van der Waals surface area contributed by atoms with Crippen LogP contribution in [-0.2, 0) is 4.79 Å². The van der Waals surface area contributed by atoms with Crippen molar-refractivity contribution in [3.05, 3.63) is 47.3 Å². The number of anilines is 1. The van der Waals surface area contributed by atoms with Crippen LogP contribution in [0.4, 0.5) is 10.2 Å². The van der Waals surface area contributed by atoms with Crippen LogP contribution in [0.1, 0.15) is 26.3 Å². The number of H-pyrrole nitrogens is 1. The van der Waals surface area contributed by atoms with Gasteiger partial charge in [-0.2, -0.15) is 5.10 Å². The summed E-state index contributed by atoms with van der Waals surface area (Å²) in [5.74, 6) is -0.117. The van der Waals surface area contributed by atoms with Crippen molar-refractivity contribution in [1.82, 2.24) is 24.6 Å². The van der Waals surface area contributed by atoms with Crippen LogP contribution < -0.4 is 5.32 Å². The Morgan fingerprint density at radius 1 is 1.21 bits per heavy atom. The van der Waals surface area contributed by atoms with Crippen molar-refractivity contribution in [2.75, 3.05) is 5.32 Å². The molecule has 0 aliphatic rings. The van der Waals surface area contributed by atoms with Crippen molar-refractivity contribution < 1.29 is 9.18 Å². The summed E-state index contributed by atoms with van der Waals surface area (Å²) in [6, 6.07) is 4.62. The molecule has 0 saturated carbocycles. The molecule has 0 unspecified atom stereocenters. The fourth-order valence-corrected chi connectivity index (χ4v) is 7.60. The molecule has 1 aromatic carbocycles. The number of imidazole rings is 1. The first-order valence-corrected chi connectivity index (χ1v) is 14.2. The molecule has 0 spiro atoms. The highest BCUT2D eigenvalue weighted by molar-refractivity contribution is 6.80. The Morgan fingerprint density at radius 3 is 2.67 bits per heavy atom. The molecule has 3 aromatic heterocycles. The van der Waals surface area contributed by atoms with Gasteiger partial charge in [0.2, 0.25) is 6.41 Å². The van der Waals surface area contributed by atoms with E-state index in [0.717, 1.165) is 6.04 Å². The van der Waals surface area contributed by atoms with Gasteiger partial charge < -0.3 is 9.72 Å². The van der Waals surface area contributed by atoms with E-state index >= 15 is 4.39 Å². The van der Waals surface area contributed by atoms with Gasteiger partial charge in [0.25, 0.3) is 0 Å². The van der Waals surface area contributed by atoms with Crippen molar-refractivity contribution in [1.29, 1.82) is 0 Å². The number of rotatable bonds is 9. The van der Waals surface area contributed by atoms with E-state index in [4.69, 9.17) is 11.6 Å². The highest BCUT2D eigenvalue weighted by atomic mass is 35.5. The van der Waals surface area contributed by atoms with Crippen LogP contribution in [-0.4, -0.2) is 39.0 Å². The van der Waals surface area contributed by atoms with Gasteiger partial charge in [0.1, 0.15) is 0 Å². The SMILES string of the molecule is CC[Si](CC)(CC)C/C=C/c1c(F)c(Cl)c(-c2cn3cc(NC=O)nc3cn2)c2cn[nH]c12. The fraction of sp³-hybridized carbons (Fsp3) is 0.304. The Labute approximate surface area is 197 Å². The lowest BCUT2D eigenvalue weighted by Crippen LogP contribution is -2.29. The predicted octanol–water partition coefficient (Wildman–Crippen LogP) is 6.16. The number of hydrogen-bond donors (Lipinski definition) is 2. The number of carbonyl (C=O) groups is 1. The van der Waals surface area contributed by atoms with Crippen LogP contribution >= 0.6 is 11.6 Å². The van der Waals surface area contributed by atoms with Gasteiger partial charge in [-0.15, -0.1) is 0 Å². The monoisotopic (exact) mass is 484 g/mol. The lowest BCUT2D eigenvalue weighted by Gasteiger charge is -2.26. The summed E-state index contributed by atoms with van der Waals surface area (Å²) >= 11 is 6.56. The van der Waals surface area contributed by atoms with Crippen molar-refractivity contribution in [2.24, 2.45) is 0 Å². The third kappa shape index (κ3) is 4.18. The summed E-state index contributed by atoms with van der Waals surface area (Å²) in [7, 11) is -1.36. The third-order valence-corrected chi connectivity index (χ3v) is 12.7. The van der Waals surface area contributed by atoms with Crippen LogP contribution in [0, 0.1) is 5.82 Å². The van der Waals surface area contributed by atoms with E-state index in [1.165, 1.54) is 18.1 Å². The summed E-state index contributed by atoms with van der Waals surface area (Å²) in [6.07, 6.45) is 11.0. The van der Waals surface area contributed by atoms with Crippen LogP contribution in [0.15, 0.2) is 30.9 Å². The number of halogens is 2. The Balaban J connectivity index is 1.79. The van der Waals surface area contributed by atoms with E-state index in [1.54, 1.807) is 29.2 Å². The number of fused-ring (bicyclic) bond motifs is 2. The maximum atomic E-state index is 15.5. The Hall–Kier alpha value is -3.04. The van der Waals surface area contributed by atoms with Gasteiger partial charge in [-0.3, -0.25) is 14.9 Å². The van der Waals surface area contributed by atoms with Crippen molar-refractivity contribution in [2.45, 2.75) is 44.9 Å². The van der Waals surface area contributed by atoms with Gasteiger partial charge >= 0.3 is 0 Å². The van der Waals surface area contributed by atoms with Gasteiger partial charge in [-0.05, 0) is 6.04 Å². The van der Waals surface area contributed by atoms with E-state index < -0.39 is 13.9 Å². The molecule has 0 radical (unpaired) electrons. The number of aromatic amines is 1.